The summed E-state index contributed by atoms with van der Waals surface area (Å²) in [5.41, 5.74) is 1.37. The third-order valence-electron chi connectivity index (χ3n) is 2.12. The first-order valence-corrected chi connectivity index (χ1v) is 3.69. The molecule has 0 saturated heterocycles. The molecule has 0 aliphatic heterocycles. The molecule has 0 aromatic heterocycles. The number of hydrogen-bond donors (Lipinski definition) is 2. The number of rotatable bonds is 1. The molecule has 1 fully saturated rings. The standard InChI is InChI=1S/C7H12N2O2/c1-5(8-10)6-3-2-4-7(6)9-11/h6,10-11H,2-4H2,1H3. The topological polar surface area (TPSA) is 65.2 Å². The van der Waals surface area contributed by atoms with Crippen molar-refractivity contribution in [1.82, 2.24) is 0 Å². The van der Waals surface area contributed by atoms with Gasteiger partial charge in [0.2, 0.25) is 0 Å². The average Bonchev–Trinajstić information content (AvgIpc) is 2.50. The van der Waals surface area contributed by atoms with Gasteiger partial charge >= 0.3 is 0 Å². The van der Waals surface area contributed by atoms with E-state index in [1.165, 1.54) is 0 Å². The Morgan fingerprint density at radius 3 is 2.82 bits per heavy atom. The van der Waals surface area contributed by atoms with E-state index in [9.17, 15) is 0 Å². The van der Waals surface area contributed by atoms with Gasteiger partial charge in [0.1, 0.15) is 0 Å². The van der Waals surface area contributed by atoms with Gasteiger partial charge in [-0.05, 0) is 26.2 Å². The summed E-state index contributed by atoms with van der Waals surface area (Å²) in [6.45, 7) is 1.74. The van der Waals surface area contributed by atoms with Gasteiger partial charge in [0, 0.05) is 5.92 Å². The quantitative estimate of drug-likeness (QED) is 0.343. The normalized spacial score (nSPS) is 29.7. The third kappa shape index (κ3) is 1.50. The molecule has 1 unspecified atom stereocenters. The first kappa shape index (κ1) is 8.04. The van der Waals surface area contributed by atoms with Crippen LogP contribution in [0.4, 0.5) is 0 Å². The fourth-order valence-electron chi connectivity index (χ4n) is 1.47. The van der Waals surface area contributed by atoms with E-state index in [4.69, 9.17) is 10.4 Å². The van der Waals surface area contributed by atoms with Crippen LogP contribution < -0.4 is 0 Å². The van der Waals surface area contributed by atoms with Crippen molar-refractivity contribution in [3.63, 3.8) is 0 Å². The molecule has 0 bridgehead atoms. The molecule has 0 aromatic rings. The van der Waals surface area contributed by atoms with Gasteiger partial charge in [0.05, 0.1) is 11.4 Å². The van der Waals surface area contributed by atoms with Crippen LogP contribution in [0.1, 0.15) is 26.2 Å². The van der Waals surface area contributed by atoms with E-state index in [2.05, 4.69) is 10.3 Å². The molecule has 0 radical (unpaired) electrons. The molecule has 1 atom stereocenters. The first-order chi connectivity index (χ1) is 5.29. The molecular weight excluding hydrogens is 144 g/mol. The van der Waals surface area contributed by atoms with Gasteiger partial charge in [0.25, 0.3) is 0 Å². The van der Waals surface area contributed by atoms with Crippen molar-refractivity contribution in [1.29, 1.82) is 0 Å². The highest BCUT2D eigenvalue weighted by Crippen LogP contribution is 2.23. The van der Waals surface area contributed by atoms with Crippen molar-refractivity contribution in [3.8, 4) is 0 Å². The summed E-state index contributed by atoms with van der Waals surface area (Å²) in [4.78, 5) is 0. The highest BCUT2D eigenvalue weighted by Gasteiger charge is 2.25. The maximum atomic E-state index is 8.53. The van der Waals surface area contributed by atoms with E-state index < -0.39 is 0 Å². The monoisotopic (exact) mass is 156 g/mol. The van der Waals surface area contributed by atoms with E-state index >= 15 is 0 Å². The van der Waals surface area contributed by atoms with Crippen molar-refractivity contribution in [3.05, 3.63) is 0 Å². The zero-order valence-corrected chi connectivity index (χ0v) is 6.49. The Labute approximate surface area is 65.2 Å². The van der Waals surface area contributed by atoms with Crippen molar-refractivity contribution < 1.29 is 10.4 Å². The van der Waals surface area contributed by atoms with Crippen molar-refractivity contribution in [2.75, 3.05) is 0 Å². The molecule has 0 spiro atoms. The van der Waals surface area contributed by atoms with Crippen LogP contribution in [0.5, 0.6) is 0 Å². The molecule has 2 N–H and O–H groups in total. The smallest absolute Gasteiger partial charge is 0.0658 e. The van der Waals surface area contributed by atoms with Crippen molar-refractivity contribution in [2.24, 2.45) is 16.2 Å². The van der Waals surface area contributed by atoms with Gasteiger partial charge in [-0.3, -0.25) is 0 Å². The molecule has 1 aliphatic carbocycles. The van der Waals surface area contributed by atoms with Gasteiger partial charge in [-0.2, -0.15) is 0 Å². The predicted octanol–water partition coefficient (Wildman–Crippen LogP) is 1.47. The van der Waals surface area contributed by atoms with Crippen LogP contribution >= 0.6 is 0 Å². The van der Waals surface area contributed by atoms with Gasteiger partial charge < -0.3 is 10.4 Å². The Hall–Kier alpha value is -1.06. The lowest BCUT2D eigenvalue weighted by Gasteiger charge is -2.05. The summed E-state index contributed by atoms with van der Waals surface area (Å²) >= 11 is 0. The Balaban J connectivity index is 2.72. The largest absolute Gasteiger partial charge is 0.411 e. The van der Waals surface area contributed by atoms with Crippen LogP contribution in [0.15, 0.2) is 10.3 Å². The lowest BCUT2D eigenvalue weighted by molar-refractivity contribution is 0.312. The molecule has 1 rings (SSSR count). The van der Waals surface area contributed by atoms with Crippen LogP contribution in [-0.2, 0) is 0 Å². The van der Waals surface area contributed by atoms with Crippen LogP contribution in [0.2, 0.25) is 0 Å². The average molecular weight is 156 g/mol. The minimum absolute atomic E-state index is 0.0602. The number of hydrogen-bond acceptors (Lipinski definition) is 4. The summed E-state index contributed by atoms with van der Waals surface area (Å²) < 4.78 is 0. The van der Waals surface area contributed by atoms with Gasteiger partial charge in [-0.15, -0.1) is 0 Å². The summed E-state index contributed by atoms with van der Waals surface area (Å²) in [6, 6.07) is 0. The van der Waals surface area contributed by atoms with Crippen LogP contribution in [0, 0.1) is 5.92 Å². The Morgan fingerprint density at radius 2 is 2.27 bits per heavy atom. The maximum absolute atomic E-state index is 8.53. The third-order valence-corrected chi connectivity index (χ3v) is 2.12. The van der Waals surface area contributed by atoms with E-state index in [0.29, 0.717) is 5.71 Å². The second-order valence-electron chi connectivity index (χ2n) is 2.78. The second kappa shape index (κ2) is 3.37. The predicted molar refractivity (Wildman–Crippen MR) is 41.5 cm³/mol. The molecule has 62 valence electrons. The van der Waals surface area contributed by atoms with Crippen LogP contribution in [0.25, 0.3) is 0 Å². The first-order valence-electron chi connectivity index (χ1n) is 3.69. The fourth-order valence-corrected chi connectivity index (χ4v) is 1.47. The lowest BCUT2D eigenvalue weighted by atomic mass is 10.0. The second-order valence-corrected chi connectivity index (χ2v) is 2.78. The van der Waals surface area contributed by atoms with Crippen molar-refractivity contribution in [2.45, 2.75) is 26.2 Å². The highest BCUT2D eigenvalue weighted by atomic mass is 16.4. The number of oxime groups is 2. The maximum Gasteiger partial charge on any atom is 0.0658 e. The van der Waals surface area contributed by atoms with Crippen LogP contribution in [-0.4, -0.2) is 21.8 Å². The van der Waals surface area contributed by atoms with Gasteiger partial charge in [0.15, 0.2) is 0 Å². The van der Waals surface area contributed by atoms with E-state index in [1.807, 2.05) is 0 Å². The van der Waals surface area contributed by atoms with Gasteiger partial charge in [-0.25, -0.2) is 0 Å². The van der Waals surface area contributed by atoms with Crippen molar-refractivity contribution >= 4 is 11.4 Å². The Bertz CT molecular complexity index is 199. The van der Waals surface area contributed by atoms with E-state index in [1.54, 1.807) is 6.92 Å². The molecule has 4 heteroatoms. The highest BCUT2D eigenvalue weighted by molar-refractivity contribution is 6.07. The number of nitrogens with zero attached hydrogens (tertiary/aromatic N) is 2. The Morgan fingerprint density at radius 1 is 1.55 bits per heavy atom. The molecule has 0 heterocycles. The molecule has 11 heavy (non-hydrogen) atoms. The fraction of sp³-hybridized carbons (Fsp3) is 0.714. The summed E-state index contributed by atoms with van der Waals surface area (Å²) in [7, 11) is 0. The molecule has 0 aromatic carbocycles. The molecule has 1 saturated carbocycles. The summed E-state index contributed by atoms with van der Waals surface area (Å²) in [6.07, 6.45) is 2.75. The zero-order valence-electron chi connectivity index (χ0n) is 6.49. The molecular formula is C7H12N2O2. The minimum atomic E-state index is 0.0602. The lowest BCUT2D eigenvalue weighted by Crippen LogP contribution is -2.15. The van der Waals surface area contributed by atoms with Crippen LogP contribution in [0.3, 0.4) is 0 Å². The molecule has 4 nitrogen and oxygen atoms in total. The zero-order chi connectivity index (χ0) is 8.27. The SMILES string of the molecule is CC(=NO)C1CCCC1=NO. The summed E-state index contributed by atoms with van der Waals surface area (Å²) in [5.74, 6) is 0.0602. The van der Waals surface area contributed by atoms with Gasteiger partial charge in [-0.1, -0.05) is 10.3 Å². The Kier molecular flexibility index (Phi) is 2.46. The van der Waals surface area contributed by atoms with E-state index in [-0.39, 0.29) is 5.92 Å². The minimum Gasteiger partial charge on any atom is -0.411 e. The van der Waals surface area contributed by atoms with E-state index in [0.717, 1.165) is 25.0 Å². The summed E-state index contributed by atoms with van der Waals surface area (Å²) in [5, 5.41) is 23.2. The molecule has 0 amide bonds. The molecule has 1 aliphatic rings.